The number of hydrogen-bond acceptors (Lipinski definition) is 5. The van der Waals surface area contributed by atoms with Crippen molar-refractivity contribution in [2.75, 3.05) is 14.2 Å². The van der Waals surface area contributed by atoms with E-state index in [-0.39, 0.29) is 5.75 Å². The lowest BCUT2D eigenvalue weighted by atomic mass is 9.99. The van der Waals surface area contributed by atoms with Crippen molar-refractivity contribution >= 4 is 23.3 Å². The van der Waals surface area contributed by atoms with Gasteiger partial charge >= 0.3 is 0 Å². The molecule has 30 heavy (non-hydrogen) atoms. The number of nitrogens with one attached hydrogen (secondary N) is 1. The Bertz CT molecular complexity index is 1060. The Morgan fingerprint density at radius 2 is 1.97 bits per heavy atom. The molecule has 1 fully saturated rings. The van der Waals surface area contributed by atoms with Crippen LogP contribution in [0.4, 0.5) is 0 Å². The summed E-state index contributed by atoms with van der Waals surface area (Å²) in [5.41, 5.74) is 6.54. The second kappa shape index (κ2) is 9.92. The van der Waals surface area contributed by atoms with Gasteiger partial charge in [-0.3, -0.25) is 4.79 Å². The maximum atomic E-state index is 11.0. The second-order valence-electron chi connectivity index (χ2n) is 7.28. The summed E-state index contributed by atoms with van der Waals surface area (Å²) in [6.07, 6.45) is 5.94. The van der Waals surface area contributed by atoms with Gasteiger partial charge in [-0.2, -0.15) is 5.10 Å². The number of nitrogens with zero attached hydrogens (tertiary/aromatic N) is 1. The summed E-state index contributed by atoms with van der Waals surface area (Å²) in [5, 5.41) is 15.9. The maximum Gasteiger partial charge on any atom is 0.150 e. The Morgan fingerprint density at radius 3 is 2.60 bits per heavy atom. The molecule has 1 saturated carbocycles. The van der Waals surface area contributed by atoms with Crippen molar-refractivity contribution in [1.82, 2.24) is 5.43 Å². The van der Waals surface area contributed by atoms with E-state index < -0.39 is 0 Å². The molecule has 4 rings (SSSR count). The first-order chi connectivity index (χ1) is 14.6. The van der Waals surface area contributed by atoms with Crippen LogP contribution in [0.25, 0.3) is 10.8 Å². The average Bonchev–Trinajstić information content (AvgIpc) is 3.63. The third-order valence-electron chi connectivity index (χ3n) is 5.25. The van der Waals surface area contributed by atoms with Gasteiger partial charge in [-0.05, 0) is 59.2 Å². The Morgan fingerprint density at radius 1 is 1.20 bits per heavy atom. The van der Waals surface area contributed by atoms with Gasteiger partial charge in [-0.25, -0.2) is 0 Å². The molecule has 3 aromatic carbocycles. The molecule has 0 atom stereocenters. The number of rotatable bonds is 6. The minimum Gasteiger partial charge on any atom is -0.507 e. The van der Waals surface area contributed by atoms with E-state index in [1.165, 1.54) is 23.8 Å². The summed E-state index contributed by atoms with van der Waals surface area (Å²) in [6.45, 7) is 2.02. The normalized spacial score (nSPS) is 13.0. The lowest BCUT2D eigenvalue weighted by Crippen LogP contribution is -1.99. The molecule has 5 nitrogen and oxygen atoms in total. The fourth-order valence-electron chi connectivity index (χ4n) is 3.47. The number of methoxy groups -OCH3 is 1. The Kier molecular flexibility index (Phi) is 7.07. The van der Waals surface area contributed by atoms with Crippen molar-refractivity contribution in [2.45, 2.75) is 32.1 Å². The van der Waals surface area contributed by atoms with Gasteiger partial charge in [-0.15, -0.1) is 0 Å². The molecule has 0 aliphatic heterocycles. The molecular weight excluding hydrogens is 376 g/mol. The number of phenolic OH excluding ortho intramolecular Hbond substituents is 1. The first kappa shape index (κ1) is 21.4. The van der Waals surface area contributed by atoms with E-state index in [0.717, 1.165) is 34.8 Å². The zero-order valence-corrected chi connectivity index (χ0v) is 17.7. The smallest absolute Gasteiger partial charge is 0.150 e. The molecule has 0 unspecified atom stereocenters. The SMILES string of the molecule is CCc1cc(OC)cc(O)c1/C=N/NC.O=Cc1cc(C2CC2)cc2ccccc12. The van der Waals surface area contributed by atoms with Crippen molar-refractivity contribution in [2.24, 2.45) is 5.10 Å². The monoisotopic (exact) mass is 404 g/mol. The summed E-state index contributed by atoms with van der Waals surface area (Å²) >= 11 is 0. The number of ether oxygens (including phenoxy) is 1. The van der Waals surface area contributed by atoms with Crippen LogP contribution >= 0.6 is 0 Å². The molecule has 156 valence electrons. The third kappa shape index (κ3) is 4.98. The van der Waals surface area contributed by atoms with E-state index in [0.29, 0.717) is 11.7 Å². The van der Waals surface area contributed by atoms with E-state index >= 15 is 0 Å². The fraction of sp³-hybridized carbons (Fsp3) is 0.280. The van der Waals surface area contributed by atoms with Gasteiger partial charge in [0.1, 0.15) is 11.5 Å². The second-order valence-corrected chi connectivity index (χ2v) is 7.28. The highest BCUT2D eigenvalue weighted by Gasteiger charge is 2.24. The highest BCUT2D eigenvalue weighted by molar-refractivity contribution is 5.98. The number of hydrazone groups is 1. The van der Waals surface area contributed by atoms with Gasteiger partial charge in [0, 0.05) is 24.2 Å². The van der Waals surface area contributed by atoms with Crippen LogP contribution in [0, 0.1) is 0 Å². The highest BCUT2D eigenvalue weighted by Crippen LogP contribution is 2.41. The molecule has 3 aromatic rings. The minimum atomic E-state index is 0.185. The quantitative estimate of drug-likeness (QED) is 0.343. The van der Waals surface area contributed by atoms with Crippen LogP contribution in [0.5, 0.6) is 11.5 Å². The molecule has 5 heteroatoms. The van der Waals surface area contributed by atoms with E-state index in [2.05, 4.69) is 22.7 Å². The number of aromatic hydroxyl groups is 1. The van der Waals surface area contributed by atoms with Gasteiger partial charge in [0.2, 0.25) is 0 Å². The molecule has 0 heterocycles. The highest BCUT2D eigenvalue weighted by atomic mass is 16.5. The first-order valence-electron chi connectivity index (χ1n) is 10.2. The lowest BCUT2D eigenvalue weighted by molar-refractivity contribution is 0.112. The maximum absolute atomic E-state index is 11.0. The van der Waals surface area contributed by atoms with E-state index in [1.54, 1.807) is 26.4 Å². The van der Waals surface area contributed by atoms with Crippen LogP contribution in [-0.4, -0.2) is 31.8 Å². The number of benzene rings is 3. The summed E-state index contributed by atoms with van der Waals surface area (Å²) in [7, 11) is 3.29. The predicted molar refractivity (Wildman–Crippen MR) is 122 cm³/mol. The van der Waals surface area contributed by atoms with Crippen molar-refractivity contribution in [1.29, 1.82) is 0 Å². The van der Waals surface area contributed by atoms with Crippen molar-refractivity contribution in [3.05, 3.63) is 70.8 Å². The van der Waals surface area contributed by atoms with E-state index in [9.17, 15) is 9.90 Å². The molecule has 0 bridgehead atoms. The van der Waals surface area contributed by atoms with Crippen LogP contribution < -0.4 is 10.2 Å². The number of carbonyl (C=O) groups is 1. The first-order valence-corrected chi connectivity index (χ1v) is 10.2. The molecule has 0 aromatic heterocycles. The Balaban J connectivity index is 0.000000171. The Hall–Kier alpha value is -3.34. The molecule has 0 spiro atoms. The van der Waals surface area contributed by atoms with Crippen LogP contribution in [0.3, 0.4) is 0 Å². The zero-order chi connectivity index (χ0) is 21.5. The number of hydrogen-bond donors (Lipinski definition) is 2. The van der Waals surface area contributed by atoms with Gasteiger partial charge in [0.25, 0.3) is 0 Å². The van der Waals surface area contributed by atoms with Crippen LogP contribution in [0.2, 0.25) is 0 Å². The standard InChI is InChI=1S/C14H12O.C11H16N2O2/c15-9-13-8-12(10-5-6-10)7-11-3-1-2-4-14(11)13;1-4-8-5-9(15-3)6-11(14)10(8)7-13-12-2/h1-4,7-10H,5-6H2;5-7,12,14H,4H2,1-3H3/b;13-7+. The van der Waals surface area contributed by atoms with Gasteiger partial charge in [-0.1, -0.05) is 37.3 Å². The third-order valence-corrected chi connectivity index (χ3v) is 5.25. The van der Waals surface area contributed by atoms with Crippen molar-refractivity contribution < 1.29 is 14.6 Å². The van der Waals surface area contributed by atoms with Crippen LogP contribution in [0.15, 0.2) is 53.6 Å². The van der Waals surface area contributed by atoms with Gasteiger partial charge < -0.3 is 15.3 Å². The molecule has 0 radical (unpaired) electrons. The van der Waals surface area contributed by atoms with E-state index in [1.807, 2.05) is 37.3 Å². The number of aryl methyl sites for hydroxylation is 1. The summed E-state index contributed by atoms with van der Waals surface area (Å²) in [4.78, 5) is 11.0. The topological polar surface area (TPSA) is 70.9 Å². The summed E-state index contributed by atoms with van der Waals surface area (Å²) in [5.74, 6) is 1.55. The predicted octanol–water partition coefficient (Wildman–Crippen LogP) is 5.05. The molecular formula is C25H28N2O3. The molecule has 0 amide bonds. The summed E-state index contributed by atoms with van der Waals surface area (Å²) < 4.78 is 5.08. The molecule has 1 aliphatic rings. The van der Waals surface area contributed by atoms with Crippen molar-refractivity contribution in [3.8, 4) is 11.5 Å². The largest absolute Gasteiger partial charge is 0.507 e. The zero-order valence-electron chi connectivity index (χ0n) is 17.7. The molecule has 1 aliphatic carbocycles. The number of carbonyl (C=O) groups excluding carboxylic acids is 1. The number of phenols is 1. The van der Waals surface area contributed by atoms with E-state index in [4.69, 9.17) is 4.74 Å². The van der Waals surface area contributed by atoms with Crippen LogP contribution in [0.1, 0.15) is 52.7 Å². The van der Waals surface area contributed by atoms with Gasteiger partial charge in [0.15, 0.2) is 6.29 Å². The van der Waals surface area contributed by atoms with Crippen molar-refractivity contribution in [3.63, 3.8) is 0 Å². The molecule has 2 N–H and O–H groups in total. The fourth-order valence-corrected chi connectivity index (χ4v) is 3.47. The lowest BCUT2D eigenvalue weighted by Gasteiger charge is -2.08. The van der Waals surface area contributed by atoms with Gasteiger partial charge in [0.05, 0.1) is 13.3 Å². The Labute approximate surface area is 177 Å². The molecule has 0 saturated heterocycles. The average molecular weight is 405 g/mol. The van der Waals surface area contributed by atoms with Crippen LogP contribution in [-0.2, 0) is 6.42 Å². The summed E-state index contributed by atoms with van der Waals surface area (Å²) in [6, 6.07) is 15.8. The number of fused-ring (bicyclic) bond motifs is 1. The minimum absolute atomic E-state index is 0.185. The number of aldehydes is 1.